The van der Waals surface area contributed by atoms with Gasteiger partial charge in [-0.2, -0.15) is 0 Å². The summed E-state index contributed by atoms with van der Waals surface area (Å²) in [4.78, 5) is 10.9. The first kappa shape index (κ1) is 25.8. The zero-order valence-electron chi connectivity index (χ0n) is 33.5. The second-order valence-electron chi connectivity index (χ2n) is 12.9. The molecular weight excluding hydrogens is 649 g/mol. The summed E-state index contributed by atoms with van der Waals surface area (Å²) in [7, 11) is 0. The molecule has 8 aromatic rings. The summed E-state index contributed by atoms with van der Waals surface area (Å²) in [6.45, 7) is 0.236. The molecule has 0 aliphatic carbocycles. The number of aromatic nitrogens is 1. The van der Waals surface area contributed by atoms with E-state index >= 15 is 0 Å². The van der Waals surface area contributed by atoms with E-state index < -0.39 is 6.04 Å². The van der Waals surface area contributed by atoms with Crippen molar-refractivity contribution in [3.8, 4) is 44.9 Å². The second kappa shape index (κ2) is 12.9. The molecule has 53 heavy (non-hydrogen) atoms. The number of hydrogen-bond acceptors (Lipinski definition) is 5. The van der Waals surface area contributed by atoms with Crippen molar-refractivity contribution in [2.45, 2.75) is 0 Å². The van der Waals surface area contributed by atoms with Crippen LogP contribution in [0.1, 0.15) is 6.85 Å². The van der Waals surface area contributed by atoms with Crippen LogP contribution >= 0.6 is 0 Å². The first-order chi connectivity index (χ1) is 28.4. The van der Waals surface area contributed by atoms with E-state index in [2.05, 4.69) is 88.7 Å². The Morgan fingerprint density at radius 1 is 0.472 bits per heavy atom. The van der Waals surface area contributed by atoms with Gasteiger partial charge in [-0.1, -0.05) is 103 Å². The second-order valence-corrected chi connectivity index (χ2v) is 12.9. The lowest BCUT2D eigenvalue weighted by Gasteiger charge is -2.27. The molecule has 7 aromatic carbocycles. The van der Waals surface area contributed by atoms with Crippen LogP contribution in [0.15, 0.2) is 194 Å². The van der Waals surface area contributed by atoms with Crippen molar-refractivity contribution in [1.82, 2.24) is 4.98 Å². The minimum atomic E-state index is -0.417. The van der Waals surface area contributed by atoms with Crippen molar-refractivity contribution in [2.24, 2.45) is 0 Å². The molecule has 3 heterocycles. The van der Waals surface area contributed by atoms with Gasteiger partial charge < -0.3 is 14.5 Å². The Balaban J connectivity index is 1.05. The van der Waals surface area contributed by atoms with E-state index in [0.29, 0.717) is 11.5 Å². The van der Waals surface area contributed by atoms with Gasteiger partial charge in [0.2, 0.25) is 0 Å². The average Bonchev–Trinajstić information content (AvgIpc) is 3.60. The monoisotopic (exact) mass is 687 g/mol. The molecule has 0 fully saturated rings. The fourth-order valence-electron chi connectivity index (χ4n) is 7.42. The van der Waals surface area contributed by atoms with Crippen LogP contribution < -0.4 is 19.4 Å². The zero-order chi connectivity index (χ0) is 39.5. The topological polar surface area (TPSA) is 31.8 Å². The lowest BCUT2D eigenvalue weighted by atomic mass is 9.92. The van der Waals surface area contributed by atoms with Crippen molar-refractivity contribution < 1.29 is 11.6 Å². The van der Waals surface area contributed by atoms with E-state index in [1.165, 1.54) is 0 Å². The molecule has 5 heteroatoms. The quantitative estimate of drug-likeness (QED) is 0.174. The molecule has 0 N–H and O–H groups in total. The molecule has 0 amide bonds. The molecule has 0 bridgehead atoms. The number of hydrogen-bond donors (Lipinski definition) is 0. The van der Waals surface area contributed by atoms with Gasteiger partial charge in [0.1, 0.15) is 24.0 Å². The Hall–Kier alpha value is -7.11. The van der Waals surface area contributed by atoms with Gasteiger partial charge in [0, 0.05) is 40.8 Å². The lowest BCUT2D eigenvalue weighted by Crippen LogP contribution is -2.23. The molecule has 0 radical (unpaired) electrons. The summed E-state index contributed by atoms with van der Waals surface area (Å²) in [5.74, 6) is 2.03. The van der Waals surface area contributed by atoms with E-state index in [1.54, 1.807) is 4.90 Å². The fraction of sp³-hybridized carbons (Fsp3) is 0.0208. The molecule has 2 aliphatic heterocycles. The van der Waals surface area contributed by atoms with Gasteiger partial charge >= 0.3 is 0 Å². The number of fused-ring (bicyclic) bond motifs is 6. The fourth-order valence-corrected chi connectivity index (χ4v) is 7.42. The highest BCUT2D eigenvalue weighted by Gasteiger charge is 2.29. The zero-order valence-corrected chi connectivity index (χ0v) is 28.5. The van der Waals surface area contributed by atoms with Crippen molar-refractivity contribution in [3.63, 3.8) is 0 Å². The maximum Gasteiger partial charge on any atom is 0.137 e. The summed E-state index contributed by atoms with van der Waals surface area (Å²) in [5, 5.41) is 0. The van der Waals surface area contributed by atoms with Crippen LogP contribution in [0.3, 0.4) is 0 Å². The number of rotatable bonds is 6. The highest BCUT2D eigenvalue weighted by molar-refractivity contribution is 6.03. The largest absolute Gasteiger partial charge is 0.457 e. The van der Waals surface area contributed by atoms with Crippen LogP contribution in [-0.4, -0.2) is 11.7 Å². The SMILES string of the molecule is [2H]c1c([2H])c([2H])c(N2CN(c3cccc(Oc4ccc5c(c4)N(c4ccccn4)c4ccc(-c6ccccc6)cc4-c4ccccc4-5)c3)c3ccccc32)c([2H])c1[2H]. The van der Waals surface area contributed by atoms with E-state index in [-0.39, 0.29) is 36.5 Å². The first-order valence-electron chi connectivity index (χ1n) is 20.0. The Kier molecular flexibility index (Phi) is 6.27. The molecule has 1 aromatic heterocycles. The van der Waals surface area contributed by atoms with Crippen LogP contribution in [0.5, 0.6) is 11.5 Å². The van der Waals surface area contributed by atoms with Crippen molar-refractivity contribution in [1.29, 1.82) is 0 Å². The predicted octanol–water partition coefficient (Wildman–Crippen LogP) is 12.9. The van der Waals surface area contributed by atoms with E-state index in [0.717, 1.165) is 67.6 Å². The third kappa shape index (κ3) is 5.47. The molecule has 252 valence electrons. The number of nitrogens with zero attached hydrogens (tertiary/aromatic N) is 4. The summed E-state index contributed by atoms with van der Waals surface area (Å²) < 4.78 is 48.8. The van der Waals surface area contributed by atoms with Gasteiger partial charge in [-0.05, 0) is 95.0 Å². The van der Waals surface area contributed by atoms with Gasteiger partial charge in [0.15, 0.2) is 0 Å². The highest BCUT2D eigenvalue weighted by atomic mass is 16.5. The predicted molar refractivity (Wildman–Crippen MR) is 217 cm³/mol. The van der Waals surface area contributed by atoms with Crippen molar-refractivity contribution >= 4 is 39.9 Å². The summed E-state index contributed by atoms with van der Waals surface area (Å²) >= 11 is 0. The van der Waals surface area contributed by atoms with E-state index in [9.17, 15) is 0 Å². The van der Waals surface area contributed by atoms with Crippen LogP contribution in [0.2, 0.25) is 0 Å². The Morgan fingerprint density at radius 3 is 1.98 bits per heavy atom. The maximum atomic E-state index is 8.69. The molecule has 10 rings (SSSR count). The minimum Gasteiger partial charge on any atom is -0.457 e. The molecule has 0 atom stereocenters. The van der Waals surface area contributed by atoms with Crippen molar-refractivity contribution in [3.05, 3.63) is 194 Å². The van der Waals surface area contributed by atoms with Crippen LogP contribution in [0.25, 0.3) is 33.4 Å². The molecule has 0 saturated carbocycles. The molecular formula is C48H34N4O. The van der Waals surface area contributed by atoms with Gasteiger partial charge in [-0.15, -0.1) is 0 Å². The number of pyridine rings is 1. The Morgan fingerprint density at radius 2 is 1.19 bits per heavy atom. The lowest BCUT2D eigenvalue weighted by molar-refractivity contribution is 0.483. The summed E-state index contributed by atoms with van der Waals surface area (Å²) in [6.07, 6.45) is 1.81. The van der Waals surface area contributed by atoms with Gasteiger partial charge in [0.25, 0.3) is 0 Å². The highest BCUT2D eigenvalue weighted by Crippen LogP contribution is 2.52. The van der Waals surface area contributed by atoms with Gasteiger partial charge in [-0.25, -0.2) is 4.98 Å². The van der Waals surface area contributed by atoms with Gasteiger partial charge in [-0.3, -0.25) is 4.90 Å². The summed E-state index contributed by atoms with van der Waals surface area (Å²) in [6, 6.07) is 51.5. The van der Waals surface area contributed by atoms with Gasteiger partial charge in [0.05, 0.1) is 29.6 Å². The number of benzene rings is 7. The minimum absolute atomic E-state index is 0.134. The van der Waals surface area contributed by atoms with Crippen LogP contribution in [0.4, 0.5) is 39.9 Å². The molecule has 0 saturated heterocycles. The number of para-hydroxylation sites is 3. The Bertz CT molecular complexity index is 2860. The third-order valence-corrected chi connectivity index (χ3v) is 9.81. The molecule has 5 nitrogen and oxygen atoms in total. The summed E-state index contributed by atoms with van der Waals surface area (Å²) in [5.41, 5.74) is 11.1. The molecule has 0 unspecified atom stereocenters. The normalized spacial score (nSPS) is 14.0. The van der Waals surface area contributed by atoms with E-state index in [4.69, 9.17) is 16.6 Å². The third-order valence-electron chi connectivity index (χ3n) is 9.81. The van der Waals surface area contributed by atoms with E-state index in [1.807, 2.05) is 85.1 Å². The average molecular weight is 688 g/mol. The molecule has 2 aliphatic rings. The molecule has 0 spiro atoms. The number of ether oxygens (including phenoxy) is 1. The van der Waals surface area contributed by atoms with Crippen molar-refractivity contribution in [2.75, 3.05) is 21.4 Å². The van der Waals surface area contributed by atoms with Crippen LogP contribution in [-0.2, 0) is 0 Å². The Labute approximate surface area is 316 Å². The maximum absolute atomic E-state index is 8.69. The number of anilines is 7. The standard InChI is InChI=1S/C48H34N4O/c1-3-14-34(15-4-1)35-25-28-44-43(30-35)41-21-8-7-20-40(41)42-27-26-39(32-47(42)52(44)48-24-11-12-29-49-48)53-38-19-13-18-37(31-38)51-33-50(36-16-5-2-6-17-36)45-22-9-10-23-46(45)51/h1-32H,33H2/i2D,5D,6D,16D,17D. The first-order valence-corrected chi connectivity index (χ1v) is 17.5. The van der Waals surface area contributed by atoms with Crippen LogP contribution in [0, 0.1) is 0 Å². The smallest absolute Gasteiger partial charge is 0.137 e.